The number of aromatic nitrogens is 1. The molecular weight excluding hydrogens is 330 g/mol. The van der Waals surface area contributed by atoms with Crippen LogP contribution >= 0.6 is 0 Å². The lowest BCUT2D eigenvalue weighted by Crippen LogP contribution is -2.57. The van der Waals surface area contributed by atoms with Crippen molar-refractivity contribution in [1.82, 2.24) is 14.4 Å². The van der Waals surface area contributed by atoms with E-state index in [4.69, 9.17) is 0 Å². The van der Waals surface area contributed by atoms with Crippen LogP contribution in [0.5, 0.6) is 0 Å². The number of carbonyl (C=O) groups excluding carboxylic acids is 2. The number of rotatable bonds is 2. The number of hydrogen-bond acceptors (Lipinski definition) is 3. The fourth-order valence-corrected chi connectivity index (χ4v) is 4.53. The average Bonchev–Trinajstić information content (AvgIpc) is 3.03. The molecule has 1 atom stereocenters. The number of benzene rings is 1. The van der Waals surface area contributed by atoms with E-state index in [1.807, 2.05) is 46.0 Å². The Bertz CT molecular complexity index is 836. The van der Waals surface area contributed by atoms with Crippen molar-refractivity contribution in [3.63, 3.8) is 0 Å². The highest BCUT2D eigenvalue weighted by atomic mass is 16.3. The van der Waals surface area contributed by atoms with Gasteiger partial charge in [-0.2, -0.15) is 0 Å². The molecule has 0 aliphatic carbocycles. The second-order valence-electron chi connectivity index (χ2n) is 7.71. The molecule has 2 aromatic rings. The van der Waals surface area contributed by atoms with Gasteiger partial charge >= 0.3 is 0 Å². The zero-order valence-corrected chi connectivity index (χ0v) is 15.1. The fraction of sp³-hybridized carbons (Fsp3) is 0.500. The molecule has 1 aromatic carbocycles. The van der Waals surface area contributed by atoms with Crippen LogP contribution in [0, 0.1) is 5.41 Å². The molecule has 0 bridgehead atoms. The third kappa shape index (κ3) is 2.88. The van der Waals surface area contributed by atoms with Gasteiger partial charge in [-0.15, -0.1) is 0 Å². The van der Waals surface area contributed by atoms with Crippen molar-refractivity contribution < 1.29 is 14.7 Å². The molecule has 138 valence electrons. The Hall–Kier alpha value is -2.34. The van der Waals surface area contributed by atoms with E-state index < -0.39 is 11.5 Å². The van der Waals surface area contributed by atoms with Crippen molar-refractivity contribution in [3.05, 3.63) is 36.5 Å². The van der Waals surface area contributed by atoms with E-state index in [1.165, 1.54) is 0 Å². The zero-order valence-electron chi connectivity index (χ0n) is 15.1. The van der Waals surface area contributed by atoms with Crippen molar-refractivity contribution in [2.24, 2.45) is 5.41 Å². The van der Waals surface area contributed by atoms with Gasteiger partial charge in [0.15, 0.2) is 0 Å². The number of para-hydroxylation sites is 1. The lowest BCUT2D eigenvalue weighted by atomic mass is 9.71. The van der Waals surface area contributed by atoms with E-state index in [0.717, 1.165) is 10.9 Å². The van der Waals surface area contributed by atoms with Crippen LogP contribution in [0.15, 0.2) is 36.5 Å². The minimum absolute atomic E-state index is 0.0818. The molecule has 0 radical (unpaired) electrons. The molecular formula is C20H25N3O3. The third-order valence-corrected chi connectivity index (χ3v) is 5.97. The van der Waals surface area contributed by atoms with Crippen molar-refractivity contribution >= 4 is 22.7 Å². The predicted molar refractivity (Wildman–Crippen MR) is 98.4 cm³/mol. The van der Waals surface area contributed by atoms with Gasteiger partial charge in [-0.25, -0.2) is 0 Å². The number of β-amino-alcohol motifs (C(OH)–C–C–N with tert-alkyl or cyclic N) is 1. The summed E-state index contributed by atoms with van der Waals surface area (Å²) in [6, 6.07) is 10.0. The summed E-state index contributed by atoms with van der Waals surface area (Å²) in [5.74, 6) is 0.199. The highest BCUT2D eigenvalue weighted by Crippen LogP contribution is 2.40. The number of amides is 2. The number of carbonyl (C=O) groups is 2. The van der Waals surface area contributed by atoms with Gasteiger partial charge in [0, 0.05) is 38.4 Å². The van der Waals surface area contributed by atoms with Gasteiger partial charge in [0.05, 0.1) is 11.5 Å². The van der Waals surface area contributed by atoms with Crippen LogP contribution in [-0.2, 0) is 16.1 Å². The quantitative estimate of drug-likeness (QED) is 0.887. The Balaban J connectivity index is 1.43. The summed E-state index contributed by atoms with van der Waals surface area (Å²) >= 11 is 0. The molecule has 1 N–H and O–H groups in total. The molecule has 0 saturated carbocycles. The SMILES string of the molecule is CN1CC(O)CC2(CCN(C(=O)Cn3ccc4ccccc43)CC2)C1=O. The highest BCUT2D eigenvalue weighted by Gasteiger charge is 2.47. The van der Waals surface area contributed by atoms with Gasteiger partial charge in [0.2, 0.25) is 11.8 Å². The van der Waals surface area contributed by atoms with Crippen LogP contribution in [0.25, 0.3) is 10.9 Å². The number of likely N-dealkylation sites (N-methyl/N-ethyl adjacent to an activating group) is 1. The van der Waals surface area contributed by atoms with Crippen LogP contribution in [0.4, 0.5) is 0 Å². The van der Waals surface area contributed by atoms with E-state index >= 15 is 0 Å². The Morgan fingerprint density at radius 2 is 1.96 bits per heavy atom. The molecule has 1 unspecified atom stereocenters. The number of nitrogens with zero attached hydrogens (tertiary/aromatic N) is 3. The molecule has 6 nitrogen and oxygen atoms in total. The lowest BCUT2D eigenvalue weighted by Gasteiger charge is -2.47. The van der Waals surface area contributed by atoms with E-state index in [0.29, 0.717) is 45.4 Å². The maximum Gasteiger partial charge on any atom is 0.242 e. The summed E-state index contributed by atoms with van der Waals surface area (Å²) in [4.78, 5) is 28.9. The van der Waals surface area contributed by atoms with Crippen molar-refractivity contribution in [1.29, 1.82) is 0 Å². The first-order valence-corrected chi connectivity index (χ1v) is 9.24. The minimum Gasteiger partial charge on any atom is -0.391 e. The van der Waals surface area contributed by atoms with E-state index in [-0.39, 0.29) is 11.8 Å². The summed E-state index contributed by atoms with van der Waals surface area (Å²) in [6.45, 7) is 1.87. The summed E-state index contributed by atoms with van der Waals surface area (Å²) in [6.07, 6.45) is 3.26. The molecule has 2 amide bonds. The van der Waals surface area contributed by atoms with Crippen LogP contribution in [0.2, 0.25) is 0 Å². The van der Waals surface area contributed by atoms with Gasteiger partial charge < -0.3 is 19.5 Å². The molecule has 3 heterocycles. The Kier molecular flexibility index (Phi) is 4.23. The summed E-state index contributed by atoms with van der Waals surface area (Å²) in [5, 5.41) is 11.2. The van der Waals surface area contributed by atoms with Crippen LogP contribution in [-0.4, -0.2) is 64.1 Å². The van der Waals surface area contributed by atoms with E-state index in [1.54, 1.807) is 11.9 Å². The monoisotopic (exact) mass is 355 g/mol. The Morgan fingerprint density at radius 1 is 1.23 bits per heavy atom. The number of piperidine rings is 2. The van der Waals surface area contributed by atoms with Gasteiger partial charge in [-0.1, -0.05) is 18.2 Å². The molecule has 4 rings (SSSR count). The summed E-state index contributed by atoms with van der Waals surface area (Å²) < 4.78 is 1.98. The van der Waals surface area contributed by atoms with Crippen molar-refractivity contribution in [3.8, 4) is 0 Å². The summed E-state index contributed by atoms with van der Waals surface area (Å²) in [5.41, 5.74) is 0.560. The van der Waals surface area contributed by atoms with Gasteiger partial charge in [0.25, 0.3) is 0 Å². The maximum atomic E-state index is 12.8. The first-order chi connectivity index (χ1) is 12.5. The van der Waals surface area contributed by atoms with E-state index in [9.17, 15) is 14.7 Å². The highest BCUT2D eigenvalue weighted by molar-refractivity contribution is 5.85. The van der Waals surface area contributed by atoms with Gasteiger partial charge in [0.1, 0.15) is 6.54 Å². The molecule has 6 heteroatoms. The second-order valence-corrected chi connectivity index (χ2v) is 7.71. The molecule has 2 aliphatic rings. The smallest absolute Gasteiger partial charge is 0.242 e. The second kappa shape index (κ2) is 6.43. The average molecular weight is 355 g/mol. The largest absolute Gasteiger partial charge is 0.391 e. The standard InChI is InChI=1S/C20H25N3O3/c1-21-13-16(24)12-20(19(21)26)7-10-22(11-8-20)18(25)14-23-9-6-15-4-2-3-5-17(15)23/h2-6,9,16,24H,7-8,10-14H2,1H3. The van der Waals surface area contributed by atoms with Gasteiger partial charge in [-0.05, 0) is 36.8 Å². The van der Waals surface area contributed by atoms with Crippen LogP contribution < -0.4 is 0 Å². The molecule has 1 aromatic heterocycles. The normalized spacial score (nSPS) is 23.0. The third-order valence-electron chi connectivity index (χ3n) is 5.97. The van der Waals surface area contributed by atoms with Gasteiger partial charge in [-0.3, -0.25) is 9.59 Å². The molecule has 26 heavy (non-hydrogen) atoms. The number of aliphatic hydroxyl groups is 1. The number of fused-ring (bicyclic) bond motifs is 1. The molecule has 1 spiro atoms. The topological polar surface area (TPSA) is 65.8 Å². The minimum atomic E-state index is -0.497. The van der Waals surface area contributed by atoms with Crippen LogP contribution in [0.1, 0.15) is 19.3 Å². The van der Waals surface area contributed by atoms with E-state index in [2.05, 4.69) is 0 Å². The Morgan fingerprint density at radius 3 is 2.73 bits per heavy atom. The predicted octanol–water partition coefficient (Wildman–Crippen LogP) is 1.47. The maximum absolute atomic E-state index is 12.8. The number of aliphatic hydroxyl groups excluding tert-OH is 1. The first kappa shape index (κ1) is 17.1. The first-order valence-electron chi connectivity index (χ1n) is 9.24. The molecule has 2 aliphatic heterocycles. The summed E-state index contributed by atoms with van der Waals surface area (Å²) in [7, 11) is 1.75. The van der Waals surface area contributed by atoms with Crippen molar-refractivity contribution in [2.75, 3.05) is 26.7 Å². The lowest BCUT2D eigenvalue weighted by molar-refractivity contribution is -0.156. The number of likely N-dealkylation sites (tertiary alicyclic amines) is 2. The Labute approximate surface area is 153 Å². The molecule has 2 saturated heterocycles. The molecule has 2 fully saturated rings. The zero-order chi connectivity index (χ0) is 18.3. The van der Waals surface area contributed by atoms with Crippen LogP contribution in [0.3, 0.4) is 0 Å². The fourth-order valence-electron chi connectivity index (χ4n) is 4.53. The van der Waals surface area contributed by atoms with Crippen molar-refractivity contribution in [2.45, 2.75) is 31.9 Å². The number of hydrogen-bond donors (Lipinski definition) is 1.